The molecule has 0 N–H and O–H groups in total. The van der Waals surface area contributed by atoms with Gasteiger partial charge in [-0.15, -0.1) is 0 Å². The summed E-state index contributed by atoms with van der Waals surface area (Å²) in [6.07, 6.45) is -0.357. The molecule has 0 aliphatic carbocycles. The largest absolute Gasteiger partial charge is 0.467 e. The SMILES string of the molecule is COC(=O)[C@@H]1C[C@H](OCc2ccccc2)CN1C(=O)OC(C)(C)C. The minimum Gasteiger partial charge on any atom is -0.467 e. The topological polar surface area (TPSA) is 65.1 Å². The lowest BCUT2D eigenvalue weighted by atomic mass is 10.2. The van der Waals surface area contributed by atoms with Crippen LogP contribution in [-0.4, -0.2) is 48.4 Å². The molecule has 0 spiro atoms. The quantitative estimate of drug-likeness (QED) is 0.792. The van der Waals surface area contributed by atoms with Crippen molar-refractivity contribution < 1.29 is 23.8 Å². The summed E-state index contributed by atoms with van der Waals surface area (Å²) in [4.78, 5) is 25.7. The van der Waals surface area contributed by atoms with Crippen LogP contribution in [0.15, 0.2) is 30.3 Å². The zero-order valence-corrected chi connectivity index (χ0v) is 14.7. The van der Waals surface area contributed by atoms with Gasteiger partial charge in [-0.3, -0.25) is 4.90 Å². The Morgan fingerprint density at radius 1 is 1.21 bits per heavy atom. The number of hydrogen-bond donors (Lipinski definition) is 0. The van der Waals surface area contributed by atoms with E-state index in [1.54, 1.807) is 20.8 Å². The number of amides is 1. The Labute approximate surface area is 142 Å². The van der Waals surface area contributed by atoms with Crippen molar-refractivity contribution in [2.24, 2.45) is 0 Å². The number of rotatable bonds is 4. The Balaban J connectivity index is 2.01. The number of carbonyl (C=O) groups is 2. The number of benzene rings is 1. The van der Waals surface area contributed by atoms with Gasteiger partial charge in [-0.05, 0) is 26.3 Å². The average Bonchev–Trinajstić information content (AvgIpc) is 2.96. The second kappa shape index (κ2) is 7.66. The fraction of sp³-hybridized carbons (Fsp3) is 0.556. The summed E-state index contributed by atoms with van der Waals surface area (Å²) in [5, 5.41) is 0. The van der Waals surface area contributed by atoms with E-state index in [2.05, 4.69) is 0 Å². The molecule has 1 amide bonds. The second-order valence-electron chi connectivity index (χ2n) is 6.83. The zero-order valence-electron chi connectivity index (χ0n) is 14.7. The molecule has 0 unspecified atom stereocenters. The van der Waals surface area contributed by atoms with Gasteiger partial charge in [0.1, 0.15) is 11.6 Å². The number of likely N-dealkylation sites (tertiary alicyclic amines) is 1. The summed E-state index contributed by atoms with van der Waals surface area (Å²) < 4.78 is 16.1. The average molecular weight is 335 g/mol. The van der Waals surface area contributed by atoms with E-state index in [0.29, 0.717) is 19.6 Å². The molecule has 1 aromatic rings. The second-order valence-corrected chi connectivity index (χ2v) is 6.83. The van der Waals surface area contributed by atoms with Crippen LogP contribution in [0.25, 0.3) is 0 Å². The third kappa shape index (κ3) is 4.96. The monoisotopic (exact) mass is 335 g/mol. The van der Waals surface area contributed by atoms with Crippen LogP contribution < -0.4 is 0 Å². The van der Waals surface area contributed by atoms with Crippen LogP contribution in [0.3, 0.4) is 0 Å². The maximum Gasteiger partial charge on any atom is 0.411 e. The predicted molar refractivity (Wildman–Crippen MR) is 88.4 cm³/mol. The number of esters is 1. The molecular formula is C18H25NO5. The lowest BCUT2D eigenvalue weighted by Gasteiger charge is -2.27. The van der Waals surface area contributed by atoms with Gasteiger partial charge in [0.2, 0.25) is 0 Å². The first-order chi connectivity index (χ1) is 11.3. The van der Waals surface area contributed by atoms with Crippen LogP contribution in [0.5, 0.6) is 0 Å². The summed E-state index contributed by atoms with van der Waals surface area (Å²) in [5.74, 6) is -0.452. The van der Waals surface area contributed by atoms with E-state index in [4.69, 9.17) is 14.2 Å². The summed E-state index contributed by atoms with van der Waals surface area (Å²) in [6, 6.07) is 9.09. The van der Waals surface area contributed by atoms with E-state index < -0.39 is 23.7 Å². The molecule has 1 aromatic carbocycles. The standard InChI is InChI=1S/C18H25NO5/c1-18(2,3)24-17(21)19-11-14(10-15(19)16(20)22-4)23-12-13-8-6-5-7-9-13/h5-9,14-15H,10-12H2,1-4H3/t14-,15-/m0/s1. The molecule has 1 fully saturated rings. The summed E-state index contributed by atoms with van der Waals surface area (Å²) >= 11 is 0. The van der Waals surface area contributed by atoms with Crippen molar-refractivity contribution in [2.75, 3.05) is 13.7 Å². The van der Waals surface area contributed by atoms with Crippen LogP contribution in [0.4, 0.5) is 4.79 Å². The zero-order chi connectivity index (χ0) is 17.7. The highest BCUT2D eigenvalue weighted by Crippen LogP contribution is 2.25. The Hall–Kier alpha value is -2.08. The Morgan fingerprint density at radius 3 is 2.46 bits per heavy atom. The summed E-state index contributed by atoms with van der Waals surface area (Å²) in [5.41, 5.74) is 0.420. The molecule has 2 atom stereocenters. The minimum atomic E-state index is -0.675. The van der Waals surface area contributed by atoms with Crippen LogP contribution in [0, 0.1) is 0 Å². The molecule has 6 heteroatoms. The molecule has 0 aromatic heterocycles. The van der Waals surface area contributed by atoms with Crippen LogP contribution in [0.1, 0.15) is 32.8 Å². The first kappa shape index (κ1) is 18.3. The molecule has 24 heavy (non-hydrogen) atoms. The molecule has 1 heterocycles. The molecular weight excluding hydrogens is 310 g/mol. The number of ether oxygens (including phenoxy) is 3. The Kier molecular flexibility index (Phi) is 5.83. The van der Waals surface area contributed by atoms with Crippen molar-refractivity contribution in [3.63, 3.8) is 0 Å². The van der Waals surface area contributed by atoms with Crippen molar-refractivity contribution in [1.82, 2.24) is 4.90 Å². The van der Waals surface area contributed by atoms with Crippen molar-refractivity contribution in [2.45, 2.75) is 51.5 Å². The van der Waals surface area contributed by atoms with Crippen LogP contribution >= 0.6 is 0 Å². The van der Waals surface area contributed by atoms with Gasteiger partial charge in [-0.2, -0.15) is 0 Å². The van der Waals surface area contributed by atoms with Crippen molar-refractivity contribution >= 4 is 12.1 Å². The molecule has 0 saturated carbocycles. The van der Waals surface area contributed by atoms with Crippen LogP contribution in [-0.2, 0) is 25.6 Å². The van der Waals surface area contributed by atoms with Crippen LogP contribution in [0.2, 0.25) is 0 Å². The summed E-state index contributed by atoms with van der Waals surface area (Å²) in [7, 11) is 1.31. The Bertz CT molecular complexity index is 567. The van der Waals surface area contributed by atoms with Gasteiger partial charge in [0.05, 0.1) is 26.4 Å². The highest BCUT2D eigenvalue weighted by atomic mass is 16.6. The highest BCUT2D eigenvalue weighted by molar-refractivity contribution is 5.82. The number of nitrogens with zero attached hydrogens (tertiary/aromatic N) is 1. The van der Waals surface area contributed by atoms with Gasteiger partial charge in [0.25, 0.3) is 0 Å². The van der Waals surface area contributed by atoms with Gasteiger partial charge in [0, 0.05) is 6.42 Å². The lowest BCUT2D eigenvalue weighted by molar-refractivity contribution is -0.145. The van der Waals surface area contributed by atoms with Crippen molar-refractivity contribution in [3.8, 4) is 0 Å². The molecule has 2 rings (SSSR count). The minimum absolute atomic E-state index is 0.234. The third-order valence-electron chi connectivity index (χ3n) is 3.69. The van der Waals surface area contributed by atoms with Gasteiger partial charge in [-0.25, -0.2) is 9.59 Å². The number of hydrogen-bond acceptors (Lipinski definition) is 5. The molecule has 0 bridgehead atoms. The molecule has 1 aliphatic heterocycles. The van der Waals surface area contributed by atoms with Crippen molar-refractivity contribution in [3.05, 3.63) is 35.9 Å². The normalized spacial score (nSPS) is 20.8. The third-order valence-corrected chi connectivity index (χ3v) is 3.69. The van der Waals surface area contributed by atoms with Gasteiger partial charge < -0.3 is 14.2 Å². The smallest absolute Gasteiger partial charge is 0.411 e. The van der Waals surface area contributed by atoms with Gasteiger partial charge in [-0.1, -0.05) is 30.3 Å². The van der Waals surface area contributed by atoms with Gasteiger partial charge >= 0.3 is 12.1 Å². The van der Waals surface area contributed by atoms with E-state index in [-0.39, 0.29) is 6.10 Å². The predicted octanol–water partition coefficient (Wildman–Crippen LogP) is 2.75. The first-order valence-electron chi connectivity index (χ1n) is 8.03. The number of carbonyl (C=O) groups excluding carboxylic acids is 2. The highest BCUT2D eigenvalue weighted by Gasteiger charge is 2.42. The molecule has 0 radical (unpaired) electrons. The fourth-order valence-corrected chi connectivity index (χ4v) is 2.59. The van der Waals surface area contributed by atoms with E-state index in [9.17, 15) is 9.59 Å². The lowest BCUT2D eigenvalue weighted by Crippen LogP contribution is -2.44. The first-order valence-corrected chi connectivity index (χ1v) is 8.03. The molecule has 1 aliphatic rings. The van der Waals surface area contributed by atoms with E-state index >= 15 is 0 Å². The maximum absolute atomic E-state index is 12.4. The van der Waals surface area contributed by atoms with Gasteiger partial charge in [0.15, 0.2) is 0 Å². The van der Waals surface area contributed by atoms with E-state index in [1.165, 1.54) is 12.0 Å². The molecule has 132 valence electrons. The summed E-state index contributed by atoms with van der Waals surface area (Å²) in [6.45, 7) is 6.11. The maximum atomic E-state index is 12.4. The molecule has 6 nitrogen and oxygen atoms in total. The Morgan fingerprint density at radius 2 is 1.88 bits per heavy atom. The van der Waals surface area contributed by atoms with E-state index in [1.807, 2.05) is 30.3 Å². The van der Waals surface area contributed by atoms with E-state index in [0.717, 1.165) is 5.56 Å². The van der Waals surface area contributed by atoms with Crippen molar-refractivity contribution in [1.29, 1.82) is 0 Å². The fourth-order valence-electron chi connectivity index (χ4n) is 2.59. The number of methoxy groups -OCH3 is 1. The molecule has 1 saturated heterocycles.